The Morgan fingerprint density at radius 2 is 2.31 bits per heavy atom. The predicted octanol–water partition coefficient (Wildman–Crippen LogP) is 3.37. The Labute approximate surface area is 104 Å². The Hall–Kier alpha value is -1.13. The van der Waals surface area contributed by atoms with Gasteiger partial charge in [-0.25, -0.2) is 4.98 Å². The average molecular weight is 254 g/mol. The van der Waals surface area contributed by atoms with E-state index in [9.17, 15) is 0 Å². The minimum atomic E-state index is 0.409. The number of halogens is 1. The average Bonchev–Trinajstić information content (AvgIpc) is 2.74. The third-order valence-corrected chi connectivity index (χ3v) is 3.40. The standard InChI is InChI=1S/C11H12ClN3S/c1-2-8-3-4-16-9(8)5-14-11-7-13-6-10(12)15-11/h3-4,6-7H,2,5H2,1H3,(H,14,15). The van der Waals surface area contributed by atoms with Gasteiger partial charge in [0.15, 0.2) is 0 Å². The van der Waals surface area contributed by atoms with E-state index in [-0.39, 0.29) is 0 Å². The van der Waals surface area contributed by atoms with Crippen molar-refractivity contribution < 1.29 is 0 Å². The molecule has 0 radical (unpaired) electrons. The monoisotopic (exact) mass is 253 g/mol. The van der Waals surface area contributed by atoms with Crippen LogP contribution in [-0.4, -0.2) is 9.97 Å². The smallest absolute Gasteiger partial charge is 0.149 e. The first-order valence-corrected chi connectivity index (χ1v) is 6.32. The minimum Gasteiger partial charge on any atom is -0.364 e. The summed E-state index contributed by atoms with van der Waals surface area (Å²) in [6.07, 6.45) is 4.25. The van der Waals surface area contributed by atoms with Crippen molar-refractivity contribution in [3.05, 3.63) is 39.4 Å². The maximum absolute atomic E-state index is 5.75. The molecule has 16 heavy (non-hydrogen) atoms. The molecule has 0 atom stereocenters. The molecule has 0 saturated carbocycles. The Kier molecular flexibility index (Phi) is 3.74. The number of hydrogen-bond donors (Lipinski definition) is 1. The number of nitrogens with zero attached hydrogens (tertiary/aromatic N) is 2. The second kappa shape index (κ2) is 5.27. The molecule has 1 N–H and O–H groups in total. The first-order chi connectivity index (χ1) is 7.79. The summed E-state index contributed by atoms with van der Waals surface area (Å²) in [7, 11) is 0. The number of rotatable bonds is 4. The number of aromatic nitrogens is 2. The Morgan fingerprint density at radius 3 is 3.06 bits per heavy atom. The first kappa shape index (κ1) is 11.4. The van der Waals surface area contributed by atoms with Crippen LogP contribution in [0.2, 0.25) is 5.15 Å². The number of hydrogen-bond acceptors (Lipinski definition) is 4. The van der Waals surface area contributed by atoms with Crippen molar-refractivity contribution in [2.75, 3.05) is 5.32 Å². The van der Waals surface area contributed by atoms with Gasteiger partial charge in [-0.2, -0.15) is 0 Å². The molecule has 0 aliphatic carbocycles. The lowest BCUT2D eigenvalue weighted by molar-refractivity contribution is 1.06. The maximum Gasteiger partial charge on any atom is 0.149 e. The fourth-order valence-electron chi connectivity index (χ4n) is 1.44. The van der Waals surface area contributed by atoms with Gasteiger partial charge in [-0.3, -0.25) is 4.98 Å². The van der Waals surface area contributed by atoms with Gasteiger partial charge in [0.05, 0.1) is 18.9 Å². The first-order valence-electron chi connectivity index (χ1n) is 5.06. The normalized spacial score (nSPS) is 10.4. The van der Waals surface area contributed by atoms with E-state index in [1.807, 2.05) is 0 Å². The van der Waals surface area contributed by atoms with Gasteiger partial charge in [-0.1, -0.05) is 18.5 Å². The molecule has 2 heterocycles. The van der Waals surface area contributed by atoms with Crippen molar-refractivity contribution in [2.24, 2.45) is 0 Å². The highest BCUT2D eigenvalue weighted by molar-refractivity contribution is 7.10. The summed E-state index contributed by atoms with van der Waals surface area (Å²) in [5, 5.41) is 5.73. The summed E-state index contributed by atoms with van der Waals surface area (Å²) in [6.45, 7) is 2.93. The van der Waals surface area contributed by atoms with Gasteiger partial charge in [0.2, 0.25) is 0 Å². The maximum atomic E-state index is 5.75. The van der Waals surface area contributed by atoms with Crippen molar-refractivity contribution in [3.63, 3.8) is 0 Å². The predicted molar refractivity (Wildman–Crippen MR) is 68.1 cm³/mol. The van der Waals surface area contributed by atoms with E-state index in [1.165, 1.54) is 16.6 Å². The summed E-state index contributed by atoms with van der Waals surface area (Å²) in [5.74, 6) is 0.711. The lowest BCUT2D eigenvalue weighted by Gasteiger charge is -2.05. The van der Waals surface area contributed by atoms with Crippen molar-refractivity contribution in [1.29, 1.82) is 0 Å². The zero-order valence-electron chi connectivity index (χ0n) is 8.90. The zero-order valence-corrected chi connectivity index (χ0v) is 10.5. The molecule has 84 valence electrons. The van der Waals surface area contributed by atoms with E-state index in [4.69, 9.17) is 11.6 Å². The van der Waals surface area contributed by atoms with Crippen LogP contribution >= 0.6 is 22.9 Å². The third-order valence-electron chi connectivity index (χ3n) is 2.25. The van der Waals surface area contributed by atoms with E-state index in [0.29, 0.717) is 11.0 Å². The highest BCUT2D eigenvalue weighted by Crippen LogP contribution is 2.18. The van der Waals surface area contributed by atoms with Crippen LogP contribution < -0.4 is 5.32 Å². The van der Waals surface area contributed by atoms with Gasteiger partial charge in [0, 0.05) is 4.88 Å². The SMILES string of the molecule is CCc1ccsc1CNc1cncc(Cl)n1. The van der Waals surface area contributed by atoms with E-state index >= 15 is 0 Å². The van der Waals surface area contributed by atoms with Crippen LogP contribution in [0.15, 0.2) is 23.8 Å². The van der Waals surface area contributed by atoms with Crippen LogP contribution in [0.3, 0.4) is 0 Å². The number of anilines is 1. The van der Waals surface area contributed by atoms with Gasteiger partial charge in [-0.15, -0.1) is 11.3 Å². The second-order valence-electron chi connectivity index (χ2n) is 3.30. The Bertz CT molecular complexity index is 470. The third kappa shape index (κ3) is 2.71. The summed E-state index contributed by atoms with van der Waals surface area (Å²) in [6, 6.07) is 2.16. The molecule has 0 aromatic carbocycles. The summed E-state index contributed by atoms with van der Waals surface area (Å²) < 4.78 is 0. The molecule has 3 nitrogen and oxygen atoms in total. The minimum absolute atomic E-state index is 0.409. The Morgan fingerprint density at radius 1 is 1.44 bits per heavy atom. The molecular weight excluding hydrogens is 242 g/mol. The summed E-state index contributed by atoms with van der Waals surface area (Å²) in [5.41, 5.74) is 1.38. The van der Waals surface area contributed by atoms with Crippen molar-refractivity contribution in [1.82, 2.24) is 9.97 Å². The number of thiophene rings is 1. The van der Waals surface area contributed by atoms with Crippen LogP contribution in [0.1, 0.15) is 17.4 Å². The molecule has 2 aromatic heterocycles. The van der Waals surface area contributed by atoms with Gasteiger partial charge in [0.1, 0.15) is 11.0 Å². The molecule has 2 aromatic rings. The Balaban J connectivity index is 2.02. The molecule has 0 amide bonds. The van der Waals surface area contributed by atoms with Crippen LogP contribution in [0.4, 0.5) is 5.82 Å². The quantitative estimate of drug-likeness (QED) is 0.908. The fourth-order valence-corrected chi connectivity index (χ4v) is 2.50. The number of nitrogens with one attached hydrogen (secondary N) is 1. The molecule has 2 rings (SSSR count). The molecule has 0 unspecified atom stereocenters. The van der Waals surface area contributed by atoms with Gasteiger partial charge in [-0.05, 0) is 23.4 Å². The van der Waals surface area contributed by atoms with Crippen molar-refractivity contribution in [3.8, 4) is 0 Å². The van der Waals surface area contributed by atoms with E-state index < -0.39 is 0 Å². The van der Waals surface area contributed by atoms with Crippen molar-refractivity contribution >= 4 is 28.8 Å². The summed E-state index contributed by atoms with van der Waals surface area (Å²) in [4.78, 5) is 9.44. The van der Waals surface area contributed by atoms with Crippen molar-refractivity contribution in [2.45, 2.75) is 19.9 Å². The summed E-state index contributed by atoms with van der Waals surface area (Å²) >= 11 is 7.51. The highest BCUT2D eigenvalue weighted by atomic mass is 35.5. The topological polar surface area (TPSA) is 37.8 Å². The highest BCUT2D eigenvalue weighted by Gasteiger charge is 2.02. The molecular formula is C11H12ClN3S. The van der Waals surface area contributed by atoms with Crippen LogP contribution in [0.25, 0.3) is 0 Å². The van der Waals surface area contributed by atoms with Gasteiger partial charge in [0.25, 0.3) is 0 Å². The molecule has 0 aliphatic rings. The van der Waals surface area contributed by atoms with Gasteiger partial charge >= 0.3 is 0 Å². The molecule has 0 fully saturated rings. The second-order valence-corrected chi connectivity index (χ2v) is 4.69. The van der Waals surface area contributed by atoms with E-state index in [0.717, 1.165) is 13.0 Å². The number of aryl methyl sites for hydroxylation is 1. The molecule has 0 bridgehead atoms. The molecule has 0 spiro atoms. The van der Waals surface area contributed by atoms with Crippen LogP contribution in [-0.2, 0) is 13.0 Å². The zero-order chi connectivity index (χ0) is 11.4. The largest absolute Gasteiger partial charge is 0.364 e. The molecule has 5 heteroatoms. The lowest BCUT2D eigenvalue weighted by atomic mass is 10.2. The van der Waals surface area contributed by atoms with E-state index in [2.05, 4.69) is 33.7 Å². The van der Waals surface area contributed by atoms with E-state index in [1.54, 1.807) is 17.5 Å². The van der Waals surface area contributed by atoms with Gasteiger partial charge < -0.3 is 5.32 Å². The molecule has 0 aliphatic heterocycles. The molecule has 0 saturated heterocycles. The lowest BCUT2D eigenvalue weighted by Crippen LogP contribution is -2.02. The van der Waals surface area contributed by atoms with Crippen LogP contribution in [0.5, 0.6) is 0 Å². The van der Waals surface area contributed by atoms with Crippen LogP contribution in [0, 0.1) is 0 Å². The fraction of sp³-hybridized carbons (Fsp3) is 0.273.